The molecular formula is C12H14F3NO2S. The summed E-state index contributed by atoms with van der Waals surface area (Å²) in [5.74, 6) is -0.456. The first-order valence-electron chi connectivity index (χ1n) is 5.57. The van der Waals surface area contributed by atoms with Crippen molar-refractivity contribution < 1.29 is 23.1 Å². The Kier molecular flexibility index (Phi) is 5.68. The average Bonchev–Trinajstić information content (AvgIpc) is 2.33. The molecule has 106 valence electrons. The van der Waals surface area contributed by atoms with E-state index in [0.717, 1.165) is 12.1 Å². The van der Waals surface area contributed by atoms with Crippen LogP contribution in [0.25, 0.3) is 0 Å². The van der Waals surface area contributed by atoms with Gasteiger partial charge in [-0.3, -0.25) is 4.79 Å². The smallest absolute Gasteiger partial charge is 0.416 e. The van der Waals surface area contributed by atoms with E-state index < -0.39 is 23.8 Å². The number of carboxylic acid groups (broad SMARTS) is 1. The predicted molar refractivity (Wildman–Crippen MR) is 67.3 cm³/mol. The van der Waals surface area contributed by atoms with Crippen molar-refractivity contribution in [2.24, 2.45) is 0 Å². The average molecular weight is 293 g/mol. The molecule has 1 unspecified atom stereocenters. The summed E-state index contributed by atoms with van der Waals surface area (Å²) in [7, 11) is 0. The molecule has 0 heterocycles. The SMILES string of the molecule is CC(NCCSc1cccc(C(F)(F)F)c1)C(=O)O. The van der Waals surface area contributed by atoms with Gasteiger partial charge in [-0.25, -0.2) is 0 Å². The summed E-state index contributed by atoms with van der Waals surface area (Å²) in [6.07, 6.45) is -4.34. The summed E-state index contributed by atoms with van der Waals surface area (Å²) in [6, 6.07) is 4.40. The molecule has 0 aromatic heterocycles. The van der Waals surface area contributed by atoms with Crippen molar-refractivity contribution in [3.8, 4) is 0 Å². The van der Waals surface area contributed by atoms with Crippen LogP contribution < -0.4 is 5.32 Å². The normalized spacial score (nSPS) is 13.3. The number of hydrogen-bond donors (Lipinski definition) is 2. The van der Waals surface area contributed by atoms with Gasteiger partial charge in [0.1, 0.15) is 6.04 Å². The molecule has 0 bridgehead atoms. The van der Waals surface area contributed by atoms with Crippen LogP contribution in [0.4, 0.5) is 13.2 Å². The first-order chi connectivity index (χ1) is 8.80. The maximum atomic E-state index is 12.5. The van der Waals surface area contributed by atoms with Crippen molar-refractivity contribution >= 4 is 17.7 Å². The number of alkyl halides is 3. The highest BCUT2D eigenvalue weighted by atomic mass is 32.2. The third-order valence-electron chi connectivity index (χ3n) is 2.35. The van der Waals surface area contributed by atoms with Gasteiger partial charge >= 0.3 is 12.1 Å². The Hall–Kier alpha value is -1.21. The minimum Gasteiger partial charge on any atom is -0.480 e. The minimum absolute atomic E-state index is 0.411. The van der Waals surface area contributed by atoms with Gasteiger partial charge in [0.2, 0.25) is 0 Å². The number of nitrogens with one attached hydrogen (secondary N) is 1. The number of carboxylic acids is 1. The lowest BCUT2D eigenvalue weighted by Gasteiger charge is -2.10. The van der Waals surface area contributed by atoms with Gasteiger partial charge in [0, 0.05) is 17.2 Å². The number of carbonyl (C=O) groups is 1. The van der Waals surface area contributed by atoms with Crippen LogP contribution in [-0.2, 0) is 11.0 Å². The lowest BCUT2D eigenvalue weighted by Crippen LogP contribution is -2.35. The molecule has 2 N–H and O–H groups in total. The molecule has 0 spiro atoms. The molecule has 1 aromatic carbocycles. The Morgan fingerprint density at radius 3 is 2.74 bits per heavy atom. The van der Waals surface area contributed by atoms with Gasteiger partial charge in [-0.1, -0.05) is 6.07 Å². The third kappa shape index (κ3) is 5.52. The molecule has 0 saturated carbocycles. The van der Waals surface area contributed by atoms with E-state index in [1.807, 2.05) is 0 Å². The van der Waals surface area contributed by atoms with Gasteiger partial charge in [0.05, 0.1) is 5.56 Å². The number of rotatable bonds is 6. The number of hydrogen-bond acceptors (Lipinski definition) is 3. The molecule has 1 aromatic rings. The molecule has 0 fully saturated rings. The van der Waals surface area contributed by atoms with Crippen molar-refractivity contribution in [1.29, 1.82) is 0 Å². The van der Waals surface area contributed by atoms with Gasteiger partial charge in [-0.2, -0.15) is 13.2 Å². The van der Waals surface area contributed by atoms with E-state index in [-0.39, 0.29) is 0 Å². The number of thioether (sulfide) groups is 1. The molecule has 19 heavy (non-hydrogen) atoms. The van der Waals surface area contributed by atoms with Crippen LogP contribution in [0.1, 0.15) is 12.5 Å². The molecular weight excluding hydrogens is 279 g/mol. The summed E-state index contributed by atoms with van der Waals surface area (Å²) in [6.45, 7) is 1.92. The van der Waals surface area contributed by atoms with E-state index in [0.29, 0.717) is 17.2 Å². The summed E-state index contributed by atoms with van der Waals surface area (Å²) >= 11 is 1.25. The largest absolute Gasteiger partial charge is 0.480 e. The summed E-state index contributed by atoms with van der Waals surface area (Å²) in [5, 5.41) is 11.4. The van der Waals surface area contributed by atoms with Crippen molar-refractivity contribution in [3.63, 3.8) is 0 Å². The minimum atomic E-state index is -4.34. The van der Waals surface area contributed by atoms with Crippen LogP contribution in [0.3, 0.4) is 0 Å². The zero-order chi connectivity index (χ0) is 14.5. The molecule has 0 saturated heterocycles. The molecule has 0 aliphatic carbocycles. The fraction of sp³-hybridized carbons (Fsp3) is 0.417. The van der Waals surface area contributed by atoms with Crippen LogP contribution in [0.2, 0.25) is 0 Å². The maximum absolute atomic E-state index is 12.5. The Balaban J connectivity index is 2.44. The Morgan fingerprint density at radius 1 is 1.47 bits per heavy atom. The van der Waals surface area contributed by atoms with Crippen LogP contribution >= 0.6 is 11.8 Å². The monoisotopic (exact) mass is 293 g/mol. The Labute approximate surface area is 113 Å². The van der Waals surface area contributed by atoms with E-state index in [4.69, 9.17) is 5.11 Å². The standard InChI is InChI=1S/C12H14F3NO2S/c1-8(11(17)18)16-5-6-19-10-4-2-3-9(7-10)12(13,14)15/h2-4,7-8,16H,5-6H2,1H3,(H,17,18). The maximum Gasteiger partial charge on any atom is 0.416 e. The molecule has 0 amide bonds. The number of halogens is 3. The highest BCUT2D eigenvalue weighted by Gasteiger charge is 2.30. The zero-order valence-electron chi connectivity index (χ0n) is 10.2. The fourth-order valence-electron chi connectivity index (χ4n) is 1.29. The van der Waals surface area contributed by atoms with Crippen LogP contribution in [0.5, 0.6) is 0 Å². The molecule has 1 rings (SSSR count). The van der Waals surface area contributed by atoms with Gasteiger partial charge in [0.25, 0.3) is 0 Å². The highest BCUT2D eigenvalue weighted by molar-refractivity contribution is 7.99. The first kappa shape index (κ1) is 15.8. The van der Waals surface area contributed by atoms with E-state index in [9.17, 15) is 18.0 Å². The number of aliphatic carboxylic acids is 1. The summed E-state index contributed by atoms with van der Waals surface area (Å²) in [5.41, 5.74) is -0.677. The van der Waals surface area contributed by atoms with Crippen molar-refractivity contribution in [1.82, 2.24) is 5.32 Å². The second-order valence-corrected chi connectivity index (χ2v) is 5.06. The van der Waals surface area contributed by atoms with Crippen LogP contribution in [0, 0.1) is 0 Å². The van der Waals surface area contributed by atoms with E-state index in [1.165, 1.54) is 24.8 Å². The Morgan fingerprint density at radius 2 is 2.16 bits per heavy atom. The number of benzene rings is 1. The third-order valence-corrected chi connectivity index (χ3v) is 3.35. The van der Waals surface area contributed by atoms with Crippen molar-refractivity contribution in [2.75, 3.05) is 12.3 Å². The van der Waals surface area contributed by atoms with Gasteiger partial charge < -0.3 is 10.4 Å². The topological polar surface area (TPSA) is 49.3 Å². The quantitative estimate of drug-likeness (QED) is 0.625. The molecule has 1 atom stereocenters. The Bertz CT molecular complexity index is 437. The van der Waals surface area contributed by atoms with Gasteiger partial charge in [-0.15, -0.1) is 11.8 Å². The second-order valence-electron chi connectivity index (χ2n) is 3.89. The summed E-state index contributed by atoms with van der Waals surface area (Å²) in [4.78, 5) is 11.0. The summed E-state index contributed by atoms with van der Waals surface area (Å²) < 4.78 is 37.4. The van der Waals surface area contributed by atoms with Crippen molar-refractivity contribution in [3.05, 3.63) is 29.8 Å². The predicted octanol–water partition coefficient (Wildman–Crippen LogP) is 2.86. The van der Waals surface area contributed by atoms with E-state index in [2.05, 4.69) is 5.32 Å². The van der Waals surface area contributed by atoms with Crippen LogP contribution in [-0.4, -0.2) is 29.4 Å². The first-order valence-corrected chi connectivity index (χ1v) is 6.55. The lowest BCUT2D eigenvalue weighted by molar-refractivity contribution is -0.139. The highest BCUT2D eigenvalue weighted by Crippen LogP contribution is 2.31. The van der Waals surface area contributed by atoms with Crippen molar-refractivity contribution in [2.45, 2.75) is 24.0 Å². The van der Waals surface area contributed by atoms with E-state index >= 15 is 0 Å². The molecule has 0 aliphatic rings. The van der Waals surface area contributed by atoms with Gasteiger partial charge in [-0.05, 0) is 25.1 Å². The van der Waals surface area contributed by atoms with Gasteiger partial charge in [0.15, 0.2) is 0 Å². The molecule has 7 heteroatoms. The lowest BCUT2D eigenvalue weighted by atomic mass is 10.2. The molecule has 3 nitrogen and oxygen atoms in total. The molecule has 0 radical (unpaired) electrons. The van der Waals surface area contributed by atoms with E-state index in [1.54, 1.807) is 6.07 Å². The van der Waals surface area contributed by atoms with Crippen LogP contribution in [0.15, 0.2) is 29.2 Å². The zero-order valence-corrected chi connectivity index (χ0v) is 11.0. The fourth-order valence-corrected chi connectivity index (χ4v) is 2.13. The molecule has 0 aliphatic heterocycles. The second kappa shape index (κ2) is 6.81.